The summed E-state index contributed by atoms with van der Waals surface area (Å²) in [5.41, 5.74) is 4.63. The van der Waals surface area contributed by atoms with E-state index >= 15 is 0 Å². The first-order chi connectivity index (χ1) is 13.7. The Labute approximate surface area is 161 Å². The quantitative estimate of drug-likeness (QED) is 0.872. The lowest BCUT2D eigenvalue weighted by Gasteiger charge is -2.29. The second-order valence-electron chi connectivity index (χ2n) is 7.28. The molecule has 6 nitrogen and oxygen atoms in total. The summed E-state index contributed by atoms with van der Waals surface area (Å²) in [7, 11) is 0. The summed E-state index contributed by atoms with van der Waals surface area (Å²) in [5.74, 6) is -1.14. The third-order valence-corrected chi connectivity index (χ3v) is 5.77. The average Bonchev–Trinajstić information content (AvgIpc) is 3.30. The minimum atomic E-state index is -1.11. The fraction of sp³-hybridized carbons (Fsp3) is 0.227. The largest absolute Gasteiger partial charge is 0.392 e. The molecule has 0 radical (unpaired) electrons. The third kappa shape index (κ3) is 1.84. The number of carbonyl (C=O) groups is 1. The van der Waals surface area contributed by atoms with E-state index in [1.54, 1.807) is 12.3 Å². The molecular formula is C22H18N2O4. The van der Waals surface area contributed by atoms with Crippen LogP contribution in [-0.2, 0) is 15.3 Å². The summed E-state index contributed by atoms with van der Waals surface area (Å²) >= 11 is 0. The van der Waals surface area contributed by atoms with Gasteiger partial charge < -0.3 is 24.4 Å². The average molecular weight is 374 g/mol. The van der Waals surface area contributed by atoms with Crippen molar-refractivity contribution in [2.24, 2.45) is 0 Å². The first-order valence-corrected chi connectivity index (χ1v) is 9.38. The van der Waals surface area contributed by atoms with Crippen LogP contribution in [0.25, 0.3) is 0 Å². The van der Waals surface area contributed by atoms with E-state index in [1.165, 1.54) is 0 Å². The number of ether oxygens (including phenoxy) is 2. The van der Waals surface area contributed by atoms with Gasteiger partial charge in [-0.3, -0.25) is 4.79 Å². The highest BCUT2D eigenvalue weighted by molar-refractivity contribution is 6.20. The molecule has 1 N–H and O–H groups in total. The van der Waals surface area contributed by atoms with Gasteiger partial charge in [-0.2, -0.15) is 0 Å². The highest BCUT2D eigenvalue weighted by Gasteiger charge is 2.60. The summed E-state index contributed by atoms with van der Waals surface area (Å²) in [4.78, 5) is 17.4. The van der Waals surface area contributed by atoms with E-state index < -0.39 is 5.79 Å². The number of hydrogen-bond acceptors (Lipinski definition) is 6. The van der Waals surface area contributed by atoms with Gasteiger partial charge in [-0.05, 0) is 24.3 Å². The molecule has 0 saturated carbocycles. The van der Waals surface area contributed by atoms with E-state index in [1.807, 2.05) is 53.4 Å². The van der Waals surface area contributed by atoms with E-state index in [9.17, 15) is 9.90 Å². The molecule has 0 aliphatic carbocycles. The van der Waals surface area contributed by atoms with Crippen molar-refractivity contribution < 1.29 is 19.4 Å². The molecule has 140 valence electrons. The lowest BCUT2D eigenvalue weighted by atomic mass is 10.0. The van der Waals surface area contributed by atoms with Crippen molar-refractivity contribution in [3.63, 3.8) is 0 Å². The van der Waals surface area contributed by atoms with Crippen LogP contribution in [0.4, 0.5) is 11.4 Å². The molecule has 4 heterocycles. The number of ketones is 1. The number of anilines is 2. The van der Waals surface area contributed by atoms with Crippen LogP contribution < -0.4 is 9.80 Å². The van der Waals surface area contributed by atoms with E-state index in [4.69, 9.17) is 9.47 Å². The maximum atomic E-state index is 13.5. The van der Waals surface area contributed by atoms with Gasteiger partial charge in [0.1, 0.15) is 17.5 Å². The van der Waals surface area contributed by atoms with Crippen LogP contribution >= 0.6 is 0 Å². The Bertz CT molecular complexity index is 1080. The van der Waals surface area contributed by atoms with Crippen molar-refractivity contribution in [2.75, 3.05) is 29.6 Å². The summed E-state index contributed by atoms with van der Waals surface area (Å²) < 4.78 is 12.7. The standard InChI is InChI=1S/C22H18N2O4/c25-11-5-10-23-18-9-4-2-7-16(18)22-21(23)19-20(26)15-6-1-3-8-17(15)24(19)12-14(28-22)13-27-22/h1-10,14,25H,11-13H2/b10-5+/t14-,22+/m0/s1. The van der Waals surface area contributed by atoms with Crippen molar-refractivity contribution in [1.29, 1.82) is 0 Å². The summed E-state index contributed by atoms with van der Waals surface area (Å²) in [6.45, 7) is 0.912. The van der Waals surface area contributed by atoms with Crippen molar-refractivity contribution in [3.05, 3.63) is 83.3 Å². The van der Waals surface area contributed by atoms with E-state index in [2.05, 4.69) is 4.90 Å². The Morgan fingerprint density at radius 3 is 2.79 bits per heavy atom. The number of aliphatic hydroxyl groups excluding tert-OH is 1. The number of allylic oxidation sites excluding steroid dienone is 1. The smallest absolute Gasteiger partial charge is 0.243 e. The number of nitrogens with zero attached hydrogens (tertiary/aromatic N) is 2. The lowest BCUT2D eigenvalue weighted by molar-refractivity contribution is -0.139. The molecule has 2 atom stereocenters. The summed E-state index contributed by atoms with van der Waals surface area (Å²) in [6, 6.07) is 15.5. The number of Topliss-reactive ketones (excluding diaryl/α,β-unsaturated/α-hetero) is 1. The van der Waals surface area contributed by atoms with Crippen LogP contribution in [0.3, 0.4) is 0 Å². The molecule has 1 spiro atoms. The lowest BCUT2D eigenvalue weighted by Crippen LogP contribution is -2.35. The van der Waals surface area contributed by atoms with Crippen LogP contribution in [0.2, 0.25) is 0 Å². The van der Waals surface area contributed by atoms with Gasteiger partial charge in [0, 0.05) is 17.3 Å². The first-order valence-electron chi connectivity index (χ1n) is 9.38. The molecule has 28 heavy (non-hydrogen) atoms. The van der Waals surface area contributed by atoms with Gasteiger partial charge in [0.15, 0.2) is 0 Å². The maximum Gasteiger partial charge on any atom is 0.243 e. The van der Waals surface area contributed by atoms with Crippen molar-refractivity contribution in [2.45, 2.75) is 11.9 Å². The Kier molecular flexibility index (Phi) is 3.18. The zero-order valence-corrected chi connectivity index (χ0v) is 15.0. The Hall–Kier alpha value is -2.93. The molecule has 1 fully saturated rings. The van der Waals surface area contributed by atoms with Crippen molar-refractivity contribution in [3.8, 4) is 0 Å². The number of benzene rings is 2. The topological polar surface area (TPSA) is 62.2 Å². The number of fused-ring (bicyclic) bond motifs is 5. The Balaban J connectivity index is 1.68. The molecule has 6 heteroatoms. The van der Waals surface area contributed by atoms with E-state index in [0.29, 0.717) is 30.1 Å². The molecule has 2 aromatic carbocycles. The molecular weight excluding hydrogens is 356 g/mol. The van der Waals surface area contributed by atoms with Crippen LogP contribution in [0.5, 0.6) is 0 Å². The van der Waals surface area contributed by atoms with Crippen LogP contribution in [0, 0.1) is 0 Å². The molecule has 1 saturated heterocycles. The van der Waals surface area contributed by atoms with Crippen LogP contribution in [-0.4, -0.2) is 36.8 Å². The Morgan fingerprint density at radius 2 is 1.93 bits per heavy atom. The highest BCUT2D eigenvalue weighted by atomic mass is 16.7. The molecule has 6 rings (SSSR count). The molecule has 2 aromatic rings. The minimum absolute atomic E-state index is 0.0278. The van der Waals surface area contributed by atoms with Gasteiger partial charge in [0.25, 0.3) is 0 Å². The zero-order valence-electron chi connectivity index (χ0n) is 15.0. The number of rotatable bonds is 2. The molecule has 4 aliphatic heterocycles. The van der Waals surface area contributed by atoms with Gasteiger partial charge in [0.05, 0.1) is 31.1 Å². The minimum Gasteiger partial charge on any atom is -0.392 e. The van der Waals surface area contributed by atoms with Gasteiger partial charge in [-0.15, -0.1) is 0 Å². The summed E-state index contributed by atoms with van der Waals surface area (Å²) in [5, 5.41) is 9.37. The molecule has 0 aromatic heterocycles. The second-order valence-corrected chi connectivity index (χ2v) is 7.28. The second kappa shape index (κ2) is 5.54. The summed E-state index contributed by atoms with van der Waals surface area (Å²) in [6.07, 6.45) is 3.29. The van der Waals surface area contributed by atoms with Gasteiger partial charge >= 0.3 is 0 Å². The Morgan fingerprint density at radius 1 is 1.14 bits per heavy atom. The zero-order chi connectivity index (χ0) is 18.9. The predicted molar refractivity (Wildman–Crippen MR) is 103 cm³/mol. The number of aliphatic hydroxyl groups is 1. The highest BCUT2D eigenvalue weighted by Crippen LogP contribution is 2.57. The molecule has 2 bridgehead atoms. The maximum absolute atomic E-state index is 13.5. The SMILES string of the molecule is O=C1C2=C3N(/C=C/CO)c4ccccc4[C@]34OC[C@H](CN2c2ccccc21)O4. The van der Waals surface area contributed by atoms with Crippen LogP contribution in [0.1, 0.15) is 15.9 Å². The van der Waals surface area contributed by atoms with Gasteiger partial charge in [-0.25, -0.2) is 0 Å². The fourth-order valence-corrected chi connectivity index (χ4v) is 4.71. The van der Waals surface area contributed by atoms with E-state index in [-0.39, 0.29) is 18.5 Å². The van der Waals surface area contributed by atoms with Crippen LogP contribution in [0.15, 0.2) is 72.2 Å². The van der Waals surface area contributed by atoms with Gasteiger partial charge in [0.2, 0.25) is 11.6 Å². The molecule has 0 unspecified atom stereocenters. The first kappa shape index (κ1) is 16.1. The monoisotopic (exact) mass is 374 g/mol. The van der Waals surface area contributed by atoms with Crippen molar-refractivity contribution in [1.82, 2.24) is 0 Å². The predicted octanol–water partition coefficient (Wildman–Crippen LogP) is 2.51. The van der Waals surface area contributed by atoms with Gasteiger partial charge in [-0.1, -0.05) is 30.3 Å². The third-order valence-electron chi connectivity index (χ3n) is 5.77. The molecule has 0 amide bonds. The van der Waals surface area contributed by atoms with E-state index in [0.717, 1.165) is 16.9 Å². The normalized spacial score (nSPS) is 27.2. The fourth-order valence-electron chi connectivity index (χ4n) is 4.71. The van der Waals surface area contributed by atoms with Crippen molar-refractivity contribution >= 4 is 17.2 Å². The number of para-hydroxylation sites is 2. The number of carbonyl (C=O) groups excluding carboxylic acids is 1. The molecule has 4 aliphatic rings. The number of hydrogen-bond donors (Lipinski definition) is 1.